The molecule has 0 unspecified atom stereocenters. The van der Waals surface area contributed by atoms with Crippen LogP contribution in [-0.2, 0) is 9.47 Å². The molecule has 0 saturated carbocycles. The van der Waals surface area contributed by atoms with Crippen LogP contribution in [0.25, 0.3) is 0 Å². The number of carbonyl (C=O) groups excluding carboxylic acids is 2. The lowest BCUT2D eigenvalue weighted by atomic mass is 10.1. The van der Waals surface area contributed by atoms with E-state index in [0.717, 1.165) is 0 Å². The number of nitrogens with two attached hydrogens (primary N) is 2. The molecular weight excluding hydrogens is 412 g/mol. The van der Waals surface area contributed by atoms with Crippen molar-refractivity contribution in [3.8, 4) is 11.5 Å². The molecule has 0 atom stereocenters. The second-order valence-electron chi connectivity index (χ2n) is 9.21. The van der Waals surface area contributed by atoms with E-state index in [4.69, 9.17) is 30.4 Å². The van der Waals surface area contributed by atoms with Crippen LogP contribution in [0, 0.1) is 0 Å². The normalized spacial score (nSPS) is 11.6. The average molecular weight is 445 g/mol. The van der Waals surface area contributed by atoms with E-state index < -0.39 is 23.1 Å². The highest BCUT2D eigenvalue weighted by atomic mass is 16.6. The highest BCUT2D eigenvalue weighted by Gasteiger charge is 2.20. The zero-order valence-electron chi connectivity index (χ0n) is 19.5. The van der Waals surface area contributed by atoms with Gasteiger partial charge >= 0.3 is 11.9 Å². The summed E-state index contributed by atoms with van der Waals surface area (Å²) in [6.45, 7) is 11.0. The van der Waals surface area contributed by atoms with Crippen molar-refractivity contribution in [1.29, 1.82) is 0 Å². The number of hydrogen-bond acceptors (Lipinski definition) is 8. The molecule has 0 saturated heterocycles. The van der Waals surface area contributed by atoms with Crippen molar-refractivity contribution in [3.63, 3.8) is 0 Å². The Labute approximate surface area is 188 Å². The van der Waals surface area contributed by atoms with Crippen LogP contribution in [0.15, 0.2) is 36.4 Å². The maximum atomic E-state index is 12.3. The van der Waals surface area contributed by atoms with Crippen molar-refractivity contribution < 1.29 is 28.5 Å². The average Bonchev–Trinajstić information content (AvgIpc) is 2.64. The summed E-state index contributed by atoms with van der Waals surface area (Å²) in [5.74, 6) is -0.254. The molecule has 4 N–H and O–H groups in total. The molecule has 2 rings (SSSR count). The first-order chi connectivity index (χ1) is 14.7. The van der Waals surface area contributed by atoms with Crippen molar-refractivity contribution >= 4 is 23.3 Å². The minimum atomic E-state index is -0.610. The molecule has 0 aliphatic rings. The summed E-state index contributed by atoms with van der Waals surface area (Å²) in [5.41, 5.74) is 12.1. The Balaban J connectivity index is 1.99. The van der Waals surface area contributed by atoms with E-state index in [1.165, 1.54) is 12.1 Å². The smallest absolute Gasteiger partial charge is 0.338 e. The number of carbonyl (C=O) groups is 2. The SMILES string of the molecule is CC(C)(C)OC(=O)c1ccc(N)c(OCCOc2cc(C(=O)OC(C)(C)C)ccc2N)c1. The zero-order chi connectivity index (χ0) is 24.1. The molecular formula is C24H32N2O6. The van der Waals surface area contributed by atoms with Crippen molar-refractivity contribution in [2.24, 2.45) is 0 Å². The molecule has 0 heterocycles. The van der Waals surface area contributed by atoms with E-state index in [1.54, 1.807) is 65.8 Å². The first-order valence-electron chi connectivity index (χ1n) is 10.3. The number of hydrogen-bond donors (Lipinski definition) is 2. The lowest BCUT2D eigenvalue weighted by molar-refractivity contribution is 0.00565. The van der Waals surface area contributed by atoms with Crippen LogP contribution in [0.5, 0.6) is 11.5 Å². The van der Waals surface area contributed by atoms with Gasteiger partial charge in [0, 0.05) is 0 Å². The summed E-state index contributed by atoms with van der Waals surface area (Å²) >= 11 is 0. The van der Waals surface area contributed by atoms with Gasteiger partial charge in [0.2, 0.25) is 0 Å². The fourth-order valence-electron chi connectivity index (χ4n) is 2.55. The van der Waals surface area contributed by atoms with Crippen LogP contribution in [0.1, 0.15) is 62.3 Å². The molecule has 0 spiro atoms. The number of nitrogen functional groups attached to an aromatic ring is 2. The first kappa shape index (κ1) is 24.8. The standard InChI is InChI=1S/C24H32N2O6/c1-23(2,3)31-21(27)15-7-9-17(25)19(13-15)29-11-12-30-20-14-16(8-10-18(20)26)22(28)32-24(4,5)6/h7-10,13-14H,11-12,25-26H2,1-6H3. The predicted molar refractivity (Wildman–Crippen MR) is 123 cm³/mol. The first-order valence-corrected chi connectivity index (χ1v) is 10.3. The fourth-order valence-corrected chi connectivity index (χ4v) is 2.55. The Morgan fingerprint density at radius 3 is 1.34 bits per heavy atom. The number of rotatable bonds is 7. The molecule has 0 bridgehead atoms. The molecule has 0 aliphatic heterocycles. The summed E-state index contributed by atoms with van der Waals surface area (Å²) < 4.78 is 22.1. The zero-order valence-corrected chi connectivity index (χ0v) is 19.5. The molecule has 2 aromatic carbocycles. The number of anilines is 2. The largest absolute Gasteiger partial charge is 0.488 e. The maximum Gasteiger partial charge on any atom is 0.338 e. The molecule has 0 fully saturated rings. The second kappa shape index (κ2) is 9.80. The Morgan fingerprint density at radius 2 is 1.03 bits per heavy atom. The third-order valence-corrected chi connectivity index (χ3v) is 3.89. The van der Waals surface area contributed by atoms with Gasteiger partial charge in [0.1, 0.15) is 35.9 Å². The van der Waals surface area contributed by atoms with Crippen molar-refractivity contribution in [2.45, 2.75) is 52.7 Å². The summed E-state index contributed by atoms with van der Waals surface area (Å²) in [6, 6.07) is 9.38. The van der Waals surface area contributed by atoms with E-state index in [9.17, 15) is 9.59 Å². The van der Waals surface area contributed by atoms with Crippen LogP contribution in [0.2, 0.25) is 0 Å². The van der Waals surface area contributed by atoms with Gasteiger partial charge in [0.25, 0.3) is 0 Å². The highest BCUT2D eigenvalue weighted by molar-refractivity contribution is 5.91. The number of esters is 2. The van der Waals surface area contributed by atoms with E-state index in [1.807, 2.05) is 0 Å². The third-order valence-electron chi connectivity index (χ3n) is 3.89. The summed E-state index contributed by atoms with van der Waals surface area (Å²) in [6.07, 6.45) is 0. The fraction of sp³-hybridized carbons (Fsp3) is 0.417. The van der Waals surface area contributed by atoms with Crippen LogP contribution >= 0.6 is 0 Å². The van der Waals surface area contributed by atoms with E-state index in [0.29, 0.717) is 34.0 Å². The van der Waals surface area contributed by atoms with Gasteiger partial charge < -0.3 is 30.4 Å². The van der Waals surface area contributed by atoms with Crippen molar-refractivity contribution in [1.82, 2.24) is 0 Å². The quantitative estimate of drug-likeness (QED) is 0.370. The molecule has 2 aromatic rings. The molecule has 0 aliphatic carbocycles. The predicted octanol–water partition coefficient (Wildman–Crippen LogP) is 4.22. The number of benzene rings is 2. The molecule has 8 heteroatoms. The molecule has 0 aromatic heterocycles. The van der Waals surface area contributed by atoms with Crippen molar-refractivity contribution in [3.05, 3.63) is 47.5 Å². The lowest BCUT2D eigenvalue weighted by Crippen LogP contribution is -2.24. The lowest BCUT2D eigenvalue weighted by Gasteiger charge is -2.20. The monoisotopic (exact) mass is 444 g/mol. The van der Waals surface area contributed by atoms with Gasteiger partial charge in [-0.1, -0.05) is 0 Å². The highest BCUT2D eigenvalue weighted by Crippen LogP contribution is 2.26. The van der Waals surface area contributed by atoms with Crippen LogP contribution < -0.4 is 20.9 Å². The molecule has 0 amide bonds. The van der Waals surface area contributed by atoms with E-state index in [-0.39, 0.29) is 13.2 Å². The minimum absolute atomic E-state index is 0.137. The molecule has 174 valence electrons. The Kier molecular flexibility index (Phi) is 7.61. The van der Waals surface area contributed by atoms with Gasteiger partial charge in [-0.25, -0.2) is 9.59 Å². The van der Waals surface area contributed by atoms with Gasteiger partial charge in [-0.05, 0) is 77.9 Å². The van der Waals surface area contributed by atoms with E-state index >= 15 is 0 Å². The minimum Gasteiger partial charge on any atom is -0.488 e. The van der Waals surface area contributed by atoms with Gasteiger partial charge in [-0.15, -0.1) is 0 Å². The summed E-state index contributed by atoms with van der Waals surface area (Å²) in [5, 5.41) is 0. The van der Waals surface area contributed by atoms with Crippen LogP contribution in [0.4, 0.5) is 11.4 Å². The molecule has 8 nitrogen and oxygen atoms in total. The second-order valence-corrected chi connectivity index (χ2v) is 9.21. The topological polar surface area (TPSA) is 123 Å². The summed E-state index contributed by atoms with van der Waals surface area (Å²) in [7, 11) is 0. The Morgan fingerprint density at radius 1 is 0.688 bits per heavy atom. The molecule has 0 radical (unpaired) electrons. The molecule has 32 heavy (non-hydrogen) atoms. The van der Waals surface area contributed by atoms with E-state index in [2.05, 4.69) is 0 Å². The van der Waals surface area contributed by atoms with Gasteiger partial charge in [-0.2, -0.15) is 0 Å². The maximum absolute atomic E-state index is 12.3. The van der Waals surface area contributed by atoms with Gasteiger partial charge in [0.15, 0.2) is 0 Å². The van der Waals surface area contributed by atoms with Crippen LogP contribution in [0.3, 0.4) is 0 Å². The third kappa shape index (κ3) is 7.68. The Hall–Kier alpha value is -3.42. The van der Waals surface area contributed by atoms with Gasteiger partial charge in [-0.3, -0.25) is 0 Å². The van der Waals surface area contributed by atoms with Gasteiger partial charge in [0.05, 0.1) is 22.5 Å². The van der Waals surface area contributed by atoms with Crippen LogP contribution in [-0.4, -0.2) is 36.4 Å². The Bertz CT molecular complexity index is 894. The number of ether oxygens (including phenoxy) is 4. The summed E-state index contributed by atoms with van der Waals surface area (Å²) in [4.78, 5) is 24.5. The van der Waals surface area contributed by atoms with Crippen molar-refractivity contribution in [2.75, 3.05) is 24.7 Å².